The highest BCUT2D eigenvalue weighted by molar-refractivity contribution is 6.86. The van der Waals surface area contributed by atoms with Crippen LogP contribution in [0.15, 0.2) is 166 Å². The van der Waals surface area contributed by atoms with E-state index in [9.17, 15) is 0 Å². The maximum absolute atomic E-state index is 7.37. The number of allylic oxidation sites excluding steroid dienone is 12. The predicted octanol–water partition coefficient (Wildman–Crippen LogP) is 17.8. The van der Waals surface area contributed by atoms with Crippen molar-refractivity contribution < 1.29 is 4.74 Å². The van der Waals surface area contributed by atoms with Crippen LogP contribution in [0.3, 0.4) is 0 Å². The standard InChI is InChI=1S/C70H82BN3O/c1-41-21-17-18-22-50(41)64-44(4)51-23-19-25-55-65(51)74(64)61-38-48(70(14,15)16)37-60-63(61)71(55)54-32-30-49(40-59(54)73(60)58-26-20-24-53-52-31-27-47(69(11,12)13)39-62(52)75-66(53)58)72(56-33-28-45(35-42(56)2)67(5,6)7)57-34-29-46(36-43(57)3)68(8,9)10/h17-24,26-29,32-35,37-40,43-44,49,52,55,64H,25,30-31,36H2,1-16H3. The Bertz CT molecular complexity index is 3340. The summed E-state index contributed by atoms with van der Waals surface area (Å²) in [6.07, 6.45) is 24.1. The van der Waals surface area contributed by atoms with E-state index in [0.29, 0.717) is 17.7 Å². The third-order valence-electron chi connectivity index (χ3n) is 18.7. The van der Waals surface area contributed by atoms with E-state index >= 15 is 0 Å². The fourth-order valence-corrected chi connectivity index (χ4v) is 14.4. The number of hydrogen-bond donors (Lipinski definition) is 0. The van der Waals surface area contributed by atoms with Crippen molar-refractivity contribution in [2.24, 2.45) is 22.7 Å². The Morgan fingerprint density at radius 1 is 0.680 bits per heavy atom. The molecule has 0 amide bonds. The first-order chi connectivity index (χ1) is 35.4. The van der Waals surface area contributed by atoms with Crippen molar-refractivity contribution in [3.8, 4) is 5.75 Å². The summed E-state index contributed by atoms with van der Waals surface area (Å²) in [5.41, 5.74) is 25.0. The van der Waals surface area contributed by atoms with E-state index < -0.39 is 0 Å². The lowest BCUT2D eigenvalue weighted by atomic mass is 9.28. The quantitative estimate of drug-likeness (QED) is 0.186. The number of benzene rings is 4. The zero-order valence-corrected chi connectivity index (χ0v) is 48.2. The highest BCUT2D eigenvalue weighted by Gasteiger charge is 2.56. The zero-order valence-electron chi connectivity index (χ0n) is 48.2. The topological polar surface area (TPSA) is 19.0 Å². The van der Waals surface area contributed by atoms with Crippen molar-refractivity contribution >= 4 is 34.9 Å². The van der Waals surface area contributed by atoms with E-state index in [2.05, 4.69) is 247 Å². The second-order valence-corrected chi connectivity index (χ2v) is 27.9. The Balaban J connectivity index is 1.13. The minimum atomic E-state index is -0.114. The van der Waals surface area contributed by atoms with Gasteiger partial charge >= 0.3 is 0 Å². The van der Waals surface area contributed by atoms with Gasteiger partial charge in [0.25, 0.3) is 0 Å². The van der Waals surface area contributed by atoms with Gasteiger partial charge in [-0.1, -0.05) is 187 Å². The van der Waals surface area contributed by atoms with Crippen LogP contribution >= 0.6 is 0 Å². The number of para-hydroxylation sites is 1. The van der Waals surface area contributed by atoms with Gasteiger partial charge in [-0.2, -0.15) is 0 Å². The first-order valence-corrected chi connectivity index (χ1v) is 28.6. The van der Waals surface area contributed by atoms with Crippen molar-refractivity contribution in [2.45, 2.75) is 171 Å². The minimum absolute atomic E-state index is 0.0340. The summed E-state index contributed by atoms with van der Waals surface area (Å²) < 4.78 is 7.37. The molecule has 4 aromatic carbocycles. The molecule has 0 N–H and O–H groups in total. The maximum atomic E-state index is 7.37. The lowest BCUT2D eigenvalue weighted by molar-refractivity contribution is 0.415. The monoisotopic (exact) mass is 992 g/mol. The molecule has 0 saturated heterocycles. The van der Waals surface area contributed by atoms with Crippen molar-refractivity contribution in [1.29, 1.82) is 0 Å². The molecule has 0 bridgehead atoms. The van der Waals surface area contributed by atoms with Crippen molar-refractivity contribution in [1.82, 2.24) is 0 Å². The zero-order chi connectivity index (χ0) is 53.0. The molecule has 0 radical (unpaired) electrons. The number of rotatable bonds is 5. The van der Waals surface area contributed by atoms with Gasteiger partial charge in [0.05, 0.1) is 17.8 Å². The molecule has 4 heterocycles. The van der Waals surface area contributed by atoms with Gasteiger partial charge in [0.15, 0.2) is 5.75 Å². The molecular weight excluding hydrogens is 910 g/mol. The summed E-state index contributed by atoms with van der Waals surface area (Å²) in [4.78, 5) is 8.32. The molecule has 75 heavy (non-hydrogen) atoms. The molecule has 386 valence electrons. The van der Waals surface area contributed by atoms with Crippen LogP contribution in [0.5, 0.6) is 5.75 Å². The predicted molar refractivity (Wildman–Crippen MR) is 319 cm³/mol. The molecule has 6 atom stereocenters. The molecule has 4 aliphatic carbocycles. The summed E-state index contributed by atoms with van der Waals surface area (Å²) in [6.45, 7) is 38.1. The second-order valence-electron chi connectivity index (χ2n) is 27.9. The second kappa shape index (κ2) is 17.3. The van der Waals surface area contributed by atoms with Crippen molar-refractivity contribution in [2.75, 3.05) is 14.7 Å². The molecule has 5 heteroatoms. The van der Waals surface area contributed by atoms with Gasteiger partial charge in [0.2, 0.25) is 6.71 Å². The van der Waals surface area contributed by atoms with Gasteiger partial charge in [-0.3, -0.25) is 0 Å². The Kier molecular flexibility index (Phi) is 11.5. The lowest BCUT2D eigenvalue weighted by Gasteiger charge is -2.51. The molecule has 12 rings (SSSR count). The molecule has 6 unspecified atom stereocenters. The van der Waals surface area contributed by atoms with E-state index in [1.165, 1.54) is 89.5 Å². The van der Waals surface area contributed by atoms with Crippen LogP contribution in [-0.2, 0) is 10.8 Å². The lowest BCUT2D eigenvalue weighted by Crippen LogP contribution is -2.55. The van der Waals surface area contributed by atoms with Gasteiger partial charge in [-0.25, -0.2) is 0 Å². The van der Waals surface area contributed by atoms with E-state index in [1.807, 2.05) is 0 Å². The van der Waals surface area contributed by atoms with Crippen LogP contribution in [0.2, 0.25) is 5.82 Å². The van der Waals surface area contributed by atoms with Crippen LogP contribution in [0.1, 0.15) is 168 Å². The minimum Gasteiger partial charge on any atom is -0.459 e. The summed E-state index contributed by atoms with van der Waals surface area (Å²) in [5, 5.41) is 0. The smallest absolute Gasteiger partial charge is 0.226 e. The van der Waals surface area contributed by atoms with E-state index in [0.717, 1.165) is 42.9 Å². The molecule has 0 aromatic heterocycles. The molecule has 0 fully saturated rings. The summed E-state index contributed by atoms with van der Waals surface area (Å²) in [5.74, 6) is 3.27. The maximum Gasteiger partial charge on any atom is 0.226 e. The largest absolute Gasteiger partial charge is 0.459 e. The Morgan fingerprint density at radius 3 is 2.11 bits per heavy atom. The van der Waals surface area contributed by atoms with Crippen LogP contribution in [0.4, 0.5) is 22.7 Å². The van der Waals surface area contributed by atoms with Crippen LogP contribution in [0.25, 0.3) is 0 Å². The average molecular weight is 992 g/mol. The molecule has 4 aliphatic heterocycles. The summed E-state index contributed by atoms with van der Waals surface area (Å²) in [6, 6.07) is 29.0. The Hall–Kier alpha value is -5.94. The summed E-state index contributed by atoms with van der Waals surface area (Å²) >= 11 is 0. The van der Waals surface area contributed by atoms with Crippen LogP contribution in [-0.4, -0.2) is 12.8 Å². The first kappa shape index (κ1) is 49.9. The highest BCUT2D eigenvalue weighted by Crippen LogP contribution is 2.62. The van der Waals surface area contributed by atoms with Crippen molar-refractivity contribution in [3.05, 3.63) is 200 Å². The fourth-order valence-electron chi connectivity index (χ4n) is 14.4. The number of aryl methyl sites for hydroxylation is 2. The SMILES string of the molecule is Cc1ccccc1C1C(C)C2=C3C(CC=C2)B2C4=CCC(N(C5=CC=C(C(C)(C)C)CC5C)c5ccc(C(C)(C)C)cc5C)C=C4N(c4cccc5c4OC4=CC(C(C)(C)C)=CCC45)c4cc(C(C)(C)C)cc(c42)N31. The first-order valence-electron chi connectivity index (χ1n) is 28.6. The Morgan fingerprint density at radius 2 is 1.41 bits per heavy atom. The van der Waals surface area contributed by atoms with Gasteiger partial charge in [-0.05, 0) is 154 Å². The molecule has 0 saturated carbocycles. The fraction of sp³-hybridized carbons (Fsp3) is 0.429. The van der Waals surface area contributed by atoms with Gasteiger partial charge in [0, 0.05) is 57.5 Å². The average Bonchev–Trinajstić information content (AvgIpc) is 3.89. The molecule has 4 aromatic rings. The van der Waals surface area contributed by atoms with Crippen LogP contribution in [0, 0.1) is 36.5 Å². The van der Waals surface area contributed by atoms with E-state index in [1.54, 1.807) is 5.70 Å². The number of hydrogen-bond acceptors (Lipinski definition) is 4. The van der Waals surface area contributed by atoms with E-state index in [4.69, 9.17) is 4.74 Å². The van der Waals surface area contributed by atoms with E-state index in [-0.39, 0.29) is 46.4 Å². The molecule has 0 spiro atoms. The number of nitrogens with zero attached hydrogens (tertiary/aromatic N) is 3. The number of fused-ring (bicyclic) bond motifs is 7. The van der Waals surface area contributed by atoms with Gasteiger partial charge in [-0.15, -0.1) is 0 Å². The Labute approximate surface area is 451 Å². The van der Waals surface area contributed by atoms with Crippen LogP contribution < -0.4 is 24.9 Å². The number of anilines is 4. The van der Waals surface area contributed by atoms with Crippen molar-refractivity contribution in [3.63, 3.8) is 0 Å². The molecule has 8 aliphatic rings. The van der Waals surface area contributed by atoms with Gasteiger partial charge < -0.3 is 19.4 Å². The summed E-state index contributed by atoms with van der Waals surface area (Å²) in [7, 11) is 0. The van der Waals surface area contributed by atoms with Gasteiger partial charge in [0.1, 0.15) is 5.76 Å². The molecule has 4 nitrogen and oxygen atoms in total. The normalized spacial score (nSPS) is 24.7. The third-order valence-corrected chi connectivity index (χ3v) is 18.7. The molecular formula is C70H82BN3O. The number of ether oxygens (including phenoxy) is 1. The highest BCUT2D eigenvalue weighted by atomic mass is 16.5. The third kappa shape index (κ3) is 7.97.